The molecule has 0 saturated carbocycles. The number of para-hydroxylation sites is 1. The first kappa shape index (κ1) is 14.7. The summed E-state index contributed by atoms with van der Waals surface area (Å²) in [6.07, 6.45) is 0. The van der Waals surface area contributed by atoms with Crippen LogP contribution in [0.1, 0.15) is 5.56 Å². The fourth-order valence-electron chi connectivity index (χ4n) is 2.22. The first-order valence-electron chi connectivity index (χ1n) is 6.55. The van der Waals surface area contributed by atoms with Gasteiger partial charge in [-0.3, -0.25) is 4.79 Å². The molecule has 0 aromatic heterocycles. The Morgan fingerprint density at radius 2 is 2.05 bits per heavy atom. The predicted octanol–water partition coefficient (Wildman–Crippen LogP) is 0.616. The van der Waals surface area contributed by atoms with E-state index in [0.29, 0.717) is 37.8 Å². The Morgan fingerprint density at radius 3 is 2.70 bits per heavy atom. The first-order chi connectivity index (χ1) is 9.59. The molecule has 1 aromatic rings. The van der Waals surface area contributed by atoms with Gasteiger partial charge in [-0.05, 0) is 12.1 Å². The zero-order valence-corrected chi connectivity index (χ0v) is 12.4. The fraction of sp³-hybridized carbons (Fsp3) is 0.429. The number of amides is 1. The molecule has 108 valence electrons. The van der Waals surface area contributed by atoms with Gasteiger partial charge in [0.25, 0.3) is 0 Å². The molecule has 2 N–H and O–H groups in total. The summed E-state index contributed by atoms with van der Waals surface area (Å²) < 4.78 is 5.25. The van der Waals surface area contributed by atoms with Gasteiger partial charge >= 0.3 is 0 Å². The lowest BCUT2D eigenvalue weighted by atomic mass is 10.1. The van der Waals surface area contributed by atoms with E-state index < -0.39 is 0 Å². The Kier molecular flexibility index (Phi) is 4.92. The molecule has 0 bridgehead atoms. The lowest BCUT2D eigenvalue weighted by molar-refractivity contribution is -0.133. The summed E-state index contributed by atoms with van der Waals surface area (Å²) in [5.41, 5.74) is 7.39. The molecule has 0 radical (unpaired) electrons. The Balaban J connectivity index is 2.06. The number of ether oxygens (including phenoxy) is 1. The average molecular weight is 293 g/mol. The largest absolute Gasteiger partial charge is 0.389 e. The Labute approximate surface area is 124 Å². The second kappa shape index (κ2) is 6.67. The normalized spacial score (nSPS) is 14.9. The molecular formula is C14H19N3O2S. The maximum Gasteiger partial charge on any atom is 0.242 e. The lowest BCUT2D eigenvalue weighted by Gasteiger charge is -2.29. The quantitative estimate of drug-likeness (QED) is 0.825. The van der Waals surface area contributed by atoms with E-state index in [1.165, 1.54) is 0 Å². The molecule has 0 spiro atoms. The third-order valence-electron chi connectivity index (χ3n) is 3.32. The average Bonchev–Trinajstić information content (AvgIpc) is 2.48. The highest BCUT2D eigenvalue weighted by Gasteiger charge is 2.19. The second-order valence-electron chi connectivity index (χ2n) is 4.73. The molecule has 1 fully saturated rings. The number of nitrogens with two attached hydrogens (primary N) is 1. The van der Waals surface area contributed by atoms with Crippen LogP contribution in [0, 0.1) is 0 Å². The molecular weight excluding hydrogens is 274 g/mol. The van der Waals surface area contributed by atoms with E-state index in [2.05, 4.69) is 0 Å². The van der Waals surface area contributed by atoms with Crippen molar-refractivity contribution in [3.63, 3.8) is 0 Å². The van der Waals surface area contributed by atoms with E-state index in [1.807, 2.05) is 41.1 Å². The third kappa shape index (κ3) is 3.46. The highest BCUT2D eigenvalue weighted by Crippen LogP contribution is 2.19. The Morgan fingerprint density at radius 1 is 1.40 bits per heavy atom. The maximum atomic E-state index is 12.2. The van der Waals surface area contributed by atoms with Crippen LogP contribution in [0.2, 0.25) is 0 Å². The standard InChI is InChI=1S/C14H19N3O2S/c1-16(10-13(18)17-6-8-19-9-7-17)12-5-3-2-4-11(12)14(15)20/h2-5H,6-10H2,1H3,(H2,15,20). The van der Waals surface area contributed by atoms with E-state index in [4.69, 9.17) is 22.7 Å². The fourth-order valence-corrected chi connectivity index (χ4v) is 2.39. The van der Waals surface area contributed by atoms with Gasteiger partial charge in [0, 0.05) is 31.4 Å². The summed E-state index contributed by atoms with van der Waals surface area (Å²) in [5, 5.41) is 0. The van der Waals surface area contributed by atoms with E-state index in [1.54, 1.807) is 0 Å². The number of anilines is 1. The zero-order chi connectivity index (χ0) is 14.5. The highest BCUT2D eigenvalue weighted by molar-refractivity contribution is 7.80. The minimum Gasteiger partial charge on any atom is -0.389 e. The Hall–Kier alpha value is -1.66. The van der Waals surface area contributed by atoms with Crippen molar-refractivity contribution in [1.29, 1.82) is 0 Å². The van der Waals surface area contributed by atoms with Crippen molar-refractivity contribution in [2.24, 2.45) is 5.73 Å². The number of morpholine rings is 1. The number of hydrogen-bond donors (Lipinski definition) is 1. The van der Waals surface area contributed by atoms with Crippen molar-refractivity contribution in [2.45, 2.75) is 0 Å². The van der Waals surface area contributed by atoms with Crippen molar-refractivity contribution in [3.8, 4) is 0 Å². The van der Waals surface area contributed by atoms with Crippen LogP contribution in [0.25, 0.3) is 0 Å². The zero-order valence-electron chi connectivity index (χ0n) is 11.5. The van der Waals surface area contributed by atoms with Crippen LogP contribution in [0.3, 0.4) is 0 Å². The van der Waals surface area contributed by atoms with E-state index in [-0.39, 0.29) is 5.91 Å². The molecule has 6 heteroatoms. The number of nitrogens with zero attached hydrogens (tertiary/aromatic N) is 2. The van der Waals surface area contributed by atoms with Crippen LogP contribution in [-0.2, 0) is 9.53 Å². The van der Waals surface area contributed by atoms with Crippen LogP contribution in [0.15, 0.2) is 24.3 Å². The molecule has 0 unspecified atom stereocenters. The summed E-state index contributed by atoms with van der Waals surface area (Å²) in [6.45, 7) is 2.84. The van der Waals surface area contributed by atoms with Crippen LogP contribution in [-0.4, -0.2) is 55.7 Å². The molecule has 1 heterocycles. The van der Waals surface area contributed by atoms with Gasteiger partial charge in [-0.1, -0.05) is 24.4 Å². The highest BCUT2D eigenvalue weighted by atomic mass is 32.1. The first-order valence-corrected chi connectivity index (χ1v) is 6.96. The van der Waals surface area contributed by atoms with Crippen molar-refractivity contribution in [2.75, 3.05) is 44.8 Å². The second-order valence-corrected chi connectivity index (χ2v) is 5.17. The summed E-state index contributed by atoms with van der Waals surface area (Å²) >= 11 is 5.05. The maximum absolute atomic E-state index is 12.2. The number of carbonyl (C=O) groups excluding carboxylic acids is 1. The number of carbonyl (C=O) groups is 1. The van der Waals surface area contributed by atoms with Crippen LogP contribution in [0.4, 0.5) is 5.69 Å². The summed E-state index contributed by atoms with van der Waals surface area (Å²) in [5.74, 6) is 0.0912. The van der Waals surface area contributed by atoms with Crippen LogP contribution in [0.5, 0.6) is 0 Å². The smallest absolute Gasteiger partial charge is 0.242 e. The van der Waals surface area contributed by atoms with Crippen LogP contribution < -0.4 is 10.6 Å². The van der Waals surface area contributed by atoms with Gasteiger partial charge in [-0.2, -0.15) is 0 Å². The monoisotopic (exact) mass is 293 g/mol. The van der Waals surface area contributed by atoms with E-state index >= 15 is 0 Å². The minimum absolute atomic E-state index is 0.0912. The molecule has 1 aliphatic heterocycles. The van der Waals surface area contributed by atoms with Gasteiger partial charge in [-0.15, -0.1) is 0 Å². The molecule has 20 heavy (non-hydrogen) atoms. The van der Waals surface area contributed by atoms with E-state index in [0.717, 1.165) is 11.3 Å². The summed E-state index contributed by atoms with van der Waals surface area (Å²) in [4.78, 5) is 16.3. The third-order valence-corrected chi connectivity index (χ3v) is 3.54. The molecule has 1 saturated heterocycles. The number of likely N-dealkylation sites (N-methyl/N-ethyl adjacent to an activating group) is 1. The van der Waals surface area contributed by atoms with Crippen molar-refractivity contribution in [3.05, 3.63) is 29.8 Å². The van der Waals surface area contributed by atoms with Gasteiger partial charge in [0.15, 0.2) is 0 Å². The number of rotatable bonds is 4. The topological polar surface area (TPSA) is 58.8 Å². The Bertz CT molecular complexity index is 501. The van der Waals surface area contributed by atoms with Gasteiger partial charge in [-0.25, -0.2) is 0 Å². The summed E-state index contributed by atoms with van der Waals surface area (Å²) in [7, 11) is 1.87. The molecule has 0 atom stereocenters. The van der Waals surface area contributed by atoms with Crippen molar-refractivity contribution in [1.82, 2.24) is 4.90 Å². The molecule has 5 nitrogen and oxygen atoms in total. The predicted molar refractivity (Wildman–Crippen MR) is 83.0 cm³/mol. The van der Waals surface area contributed by atoms with Gasteiger partial charge in [0.1, 0.15) is 4.99 Å². The number of hydrogen-bond acceptors (Lipinski definition) is 4. The van der Waals surface area contributed by atoms with Gasteiger partial charge in [0.2, 0.25) is 5.91 Å². The van der Waals surface area contributed by atoms with Gasteiger partial charge < -0.3 is 20.3 Å². The molecule has 1 amide bonds. The van der Waals surface area contributed by atoms with E-state index in [9.17, 15) is 4.79 Å². The minimum atomic E-state index is 0.0912. The van der Waals surface area contributed by atoms with Crippen LogP contribution >= 0.6 is 12.2 Å². The number of benzene rings is 1. The molecule has 0 aliphatic carbocycles. The van der Waals surface area contributed by atoms with Crippen molar-refractivity contribution < 1.29 is 9.53 Å². The lowest BCUT2D eigenvalue weighted by Crippen LogP contribution is -2.45. The van der Waals surface area contributed by atoms with Crippen molar-refractivity contribution >= 4 is 28.8 Å². The molecule has 1 aromatic carbocycles. The number of thiocarbonyl (C=S) groups is 1. The molecule has 2 rings (SSSR count). The molecule has 1 aliphatic rings. The SMILES string of the molecule is CN(CC(=O)N1CCOCC1)c1ccccc1C(N)=S. The summed E-state index contributed by atoms with van der Waals surface area (Å²) in [6, 6.07) is 7.58. The van der Waals surface area contributed by atoms with Gasteiger partial charge in [0.05, 0.1) is 19.8 Å².